The van der Waals surface area contributed by atoms with E-state index in [2.05, 4.69) is 4.74 Å². The standard InChI is InChI=1S/C12H21NO5/c1-12(2,3)18-11(16)13-6-8(7-14)5-9(13)10(15)17-4/h8-9,14H,5-7H2,1-4H3/t8?,9-/m0/s1. The Kier molecular flexibility index (Phi) is 4.56. The van der Waals surface area contributed by atoms with Gasteiger partial charge in [-0.2, -0.15) is 0 Å². The van der Waals surface area contributed by atoms with E-state index in [1.807, 2.05) is 0 Å². The highest BCUT2D eigenvalue weighted by atomic mass is 16.6. The molecule has 104 valence electrons. The zero-order valence-electron chi connectivity index (χ0n) is 11.3. The molecular formula is C12H21NO5. The number of esters is 1. The van der Waals surface area contributed by atoms with E-state index in [0.29, 0.717) is 13.0 Å². The number of likely N-dealkylation sites (tertiary alicyclic amines) is 1. The van der Waals surface area contributed by atoms with Gasteiger partial charge in [0.15, 0.2) is 0 Å². The van der Waals surface area contributed by atoms with Crippen molar-refractivity contribution in [3.63, 3.8) is 0 Å². The summed E-state index contributed by atoms with van der Waals surface area (Å²) < 4.78 is 9.90. The van der Waals surface area contributed by atoms with Crippen molar-refractivity contribution in [2.45, 2.75) is 38.8 Å². The Balaban J connectivity index is 2.77. The first-order valence-corrected chi connectivity index (χ1v) is 5.96. The number of carbonyl (C=O) groups is 2. The summed E-state index contributed by atoms with van der Waals surface area (Å²) in [4.78, 5) is 24.9. The molecule has 0 spiro atoms. The maximum atomic E-state index is 12.0. The van der Waals surface area contributed by atoms with Gasteiger partial charge in [-0.05, 0) is 27.2 Å². The van der Waals surface area contributed by atoms with Crippen molar-refractivity contribution in [3.05, 3.63) is 0 Å². The van der Waals surface area contributed by atoms with Gasteiger partial charge in [0.05, 0.1) is 7.11 Å². The maximum absolute atomic E-state index is 12.0. The lowest BCUT2D eigenvalue weighted by atomic mass is 10.1. The monoisotopic (exact) mass is 259 g/mol. The van der Waals surface area contributed by atoms with Gasteiger partial charge in [-0.1, -0.05) is 0 Å². The summed E-state index contributed by atoms with van der Waals surface area (Å²) in [7, 11) is 1.28. The molecule has 1 N–H and O–H groups in total. The minimum absolute atomic E-state index is 0.0627. The molecule has 0 saturated carbocycles. The van der Waals surface area contributed by atoms with Gasteiger partial charge in [0.2, 0.25) is 0 Å². The van der Waals surface area contributed by atoms with E-state index >= 15 is 0 Å². The van der Waals surface area contributed by atoms with Crippen molar-refractivity contribution in [2.75, 3.05) is 20.3 Å². The van der Waals surface area contributed by atoms with Gasteiger partial charge in [0.1, 0.15) is 11.6 Å². The van der Waals surface area contributed by atoms with Crippen LogP contribution in [0, 0.1) is 5.92 Å². The van der Waals surface area contributed by atoms with Crippen LogP contribution in [0.1, 0.15) is 27.2 Å². The topological polar surface area (TPSA) is 76.1 Å². The largest absolute Gasteiger partial charge is 0.467 e. The van der Waals surface area contributed by atoms with Crippen LogP contribution >= 0.6 is 0 Å². The van der Waals surface area contributed by atoms with E-state index in [9.17, 15) is 9.59 Å². The molecule has 1 fully saturated rings. The average Bonchev–Trinajstić information content (AvgIpc) is 2.69. The zero-order chi connectivity index (χ0) is 13.9. The minimum atomic E-state index is -0.665. The van der Waals surface area contributed by atoms with Crippen LogP contribution in [0.3, 0.4) is 0 Å². The summed E-state index contributed by atoms with van der Waals surface area (Å²) in [6.45, 7) is 5.53. The predicted molar refractivity (Wildman–Crippen MR) is 63.9 cm³/mol. The Hall–Kier alpha value is -1.30. The Bertz CT molecular complexity index is 323. The SMILES string of the molecule is COC(=O)[C@@H]1CC(CO)CN1C(=O)OC(C)(C)C. The highest BCUT2D eigenvalue weighted by Gasteiger charge is 2.41. The van der Waals surface area contributed by atoms with Crippen LogP contribution < -0.4 is 0 Å². The number of aliphatic hydroxyl groups excluding tert-OH is 1. The first-order chi connectivity index (χ1) is 8.28. The smallest absolute Gasteiger partial charge is 0.411 e. The molecule has 1 heterocycles. The van der Waals surface area contributed by atoms with Crippen molar-refractivity contribution in [1.82, 2.24) is 4.90 Å². The van der Waals surface area contributed by atoms with E-state index in [1.54, 1.807) is 20.8 Å². The quantitative estimate of drug-likeness (QED) is 0.741. The number of nitrogens with zero attached hydrogens (tertiary/aromatic N) is 1. The Morgan fingerprint density at radius 2 is 2.00 bits per heavy atom. The van der Waals surface area contributed by atoms with Crippen molar-refractivity contribution in [2.24, 2.45) is 5.92 Å². The zero-order valence-corrected chi connectivity index (χ0v) is 11.3. The van der Waals surface area contributed by atoms with Crippen LogP contribution in [-0.2, 0) is 14.3 Å². The molecule has 1 amide bonds. The van der Waals surface area contributed by atoms with Crippen molar-refractivity contribution in [3.8, 4) is 0 Å². The lowest BCUT2D eigenvalue weighted by Gasteiger charge is -2.27. The summed E-state index contributed by atoms with van der Waals surface area (Å²) in [6.07, 6.45) is -0.142. The number of carbonyl (C=O) groups excluding carboxylic acids is 2. The first-order valence-electron chi connectivity index (χ1n) is 5.96. The molecule has 1 saturated heterocycles. The van der Waals surface area contributed by atoms with Crippen LogP contribution in [0.2, 0.25) is 0 Å². The fourth-order valence-electron chi connectivity index (χ4n) is 1.94. The number of aliphatic hydroxyl groups is 1. The third-order valence-corrected chi connectivity index (χ3v) is 2.75. The summed E-state index contributed by atoms with van der Waals surface area (Å²) >= 11 is 0. The lowest BCUT2D eigenvalue weighted by molar-refractivity contribution is -0.145. The second-order valence-corrected chi connectivity index (χ2v) is 5.46. The first kappa shape index (κ1) is 14.8. The number of hydrogen-bond donors (Lipinski definition) is 1. The molecule has 0 bridgehead atoms. The summed E-state index contributed by atoms with van der Waals surface area (Å²) in [5.74, 6) is -0.585. The molecule has 0 aliphatic carbocycles. The van der Waals surface area contributed by atoms with Crippen molar-refractivity contribution < 1.29 is 24.2 Å². The number of rotatable bonds is 2. The fourth-order valence-corrected chi connectivity index (χ4v) is 1.94. The molecular weight excluding hydrogens is 238 g/mol. The number of hydrogen-bond acceptors (Lipinski definition) is 5. The molecule has 0 radical (unpaired) electrons. The van der Waals surface area contributed by atoms with Crippen molar-refractivity contribution in [1.29, 1.82) is 0 Å². The van der Waals surface area contributed by atoms with E-state index in [1.165, 1.54) is 12.0 Å². The van der Waals surface area contributed by atoms with E-state index < -0.39 is 23.7 Å². The minimum Gasteiger partial charge on any atom is -0.467 e. The van der Waals surface area contributed by atoms with E-state index in [-0.39, 0.29) is 12.5 Å². The van der Waals surface area contributed by atoms with Gasteiger partial charge in [-0.25, -0.2) is 9.59 Å². The molecule has 0 aromatic heterocycles. The van der Waals surface area contributed by atoms with Crippen molar-refractivity contribution >= 4 is 12.1 Å². The second-order valence-electron chi connectivity index (χ2n) is 5.46. The van der Waals surface area contributed by atoms with E-state index in [0.717, 1.165) is 0 Å². The second kappa shape index (κ2) is 5.56. The highest BCUT2D eigenvalue weighted by Crippen LogP contribution is 2.25. The van der Waals surface area contributed by atoms with Gasteiger partial charge in [0.25, 0.3) is 0 Å². The van der Waals surface area contributed by atoms with Crippen LogP contribution in [0.5, 0.6) is 0 Å². The summed E-state index contributed by atoms with van der Waals surface area (Å²) in [6, 6.07) is -0.665. The molecule has 1 unspecified atom stereocenters. The Morgan fingerprint density at radius 3 is 2.44 bits per heavy atom. The average molecular weight is 259 g/mol. The molecule has 18 heavy (non-hydrogen) atoms. The number of methoxy groups -OCH3 is 1. The predicted octanol–water partition coefficient (Wildman–Crippen LogP) is 0.777. The molecule has 1 rings (SSSR count). The van der Waals surface area contributed by atoms with Crippen LogP contribution in [0.25, 0.3) is 0 Å². The highest BCUT2D eigenvalue weighted by molar-refractivity contribution is 5.82. The van der Waals surface area contributed by atoms with Gasteiger partial charge >= 0.3 is 12.1 Å². The van der Waals surface area contributed by atoms with Gasteiger partial charge in [-0.3, -0.25) is 4.90 Å². The summed E-state index contributed by atoms with van der Waals surface area (Å²) in [5, 5.41) is 9.14. The van der Waals surface area contributed by atoms with Crippen LogP contribution in [0.15, 0.2) is 0 Å². The third-order valence-electron chi connectivity index (χ3n) is 2.75. The van der Waals surface area contributed by atoms with E-state index in [4.69, 9.17) is 9.84 Å². The molecule has 1 aliphatic rings. The van der Waals surface area contributed by atoms with Gasteiger partial charge in [-0.15, -0.1) is 0 Å². The molecule has 1 aliphatic heterocycles. The number of amides is 1. The Labute approximate surface area is 107 Å². The Morgan fingerprint density at radius 1 is 1.39 bits per heavy atom. The van der Waals surface area contributed by atoms with Gasteiger partial charge < -0.3 is 14.6 Å². The molecule has 0 aromatic rings. The van der Waals surface area contributed by atoms with Crippen LogP contribution in [0.4, 0.5) is 4.79 Å². The molecule has 6 heteroatoms. The maximum Gasteiger partial charge on any atom is 0.411 e. The van der Waals surface area contributed by atoms with Crippen LogP contribution in [-0.4, -0.2) is 54.0 Å². The molecule has 0 aromatic carbocycles. The summed E-state index contributed by atoms with van der Waals surface area (Å²) in [5.41, 5.74) is -0.616. The normalized spacial score (nSPS) is 23.9. The lowest BCUT2D eigenvalue weighted by Crippen LogP contribution is -2.43. The third kappa shape index (κ3) is 3.60. The van der Waals surface area contributed by atoms with Gasteiger partial charge in [0, 0.05) is 19.1 Å². The molecule has 6 nitrogen and oxygen atoms in total. The fraction of sp³-hybridized carbons (Fsp3) is 0.833. The molecule has 2 atom stereocenters. The number of ether oxygens (including phenoxy) is 2.